The zero-order valence-electron chi connectivity index (χ0n) is 37.3. The minimum atomic E-state index is -0.0611. The van der Waals surface area contributed by atoms with Crippen molar-refractivity contribution in [2.75, 3.05) is 51.6 Å². The number of nitrogens with two attached hydrogens (primary N) is 1. The van der Waals surface area contributed by atoms with Gasteiger partial charge in [0.2, 0.25) is 0 Å². The molecule has 2 aromatic heterocycles. The molecule has 0 atom stereocenters. The number of carbonyl (C=O) groups excluding carboxylic acids is 1. The largest absolute Gasteiger partial charge is 0.465 e. The Morgan fingerprint density at radius 2 is 1.07 bits per heavy atom. The lowest BCUT2D eigenvalue weighted by atomic mass is 10.0. The molecule has 0 bridgehead atoms. The van der Waals surface area contributed by atoms with Crippen LogP contribution in [0.25, 0.3) is 0 Å². The Morgan fingerprint density at radius 3 is 1.55 bits per heavy atom. The average Bonchev–Trinajstić information content (AvgIpc) is 3.53. The first-order valence-electron chi connectivity index (χ1n) is 23.6. The van der Waals surface area contributed by atoms with Gasteiger partial charge < -0.3 is 20.3 Å². The van der Waals surface area contributed by atoms with Crippen molar-refractivity contribution in [3.05, 3.63) is 39.0 Å². The third kappa shape index (κ3) is 24.7. The van der Waals surface area contributed by atoms with E-state index in [2.05, 4.69) is 52.8 Å². The lowest BCUT2D eigenvalue weighted by molar-refractivity contribution is -0.143. The second kappa shape index (κ2) is 33.9. The molecule has 8 heteroatoms. The monoisotopic (exact) mass is 798 g/mol. The Balaban J connectivity index is 1.77. The highest BCUT2D eigenvalue weighted by Gasteiger charge is 2.13. The molecule has 0 aliphatic carbocycles. The molecule has 2 N–H and O–H groups in total. The highest BCUT2D eigenvalue weighted by atomic mass is 32.1. The molecule has 0 aliphatic rings. The van der Waals surface area contributed by atoms with Crippen molar-refractivity contribution < 1.29 is 9.53 Å². The van der Waals surface area contributed by atoms with Gasteiger partial charge in [-0.2, -0.15) is 0 Å². The van der Waals surface area contributed by atoms with E-state index in [1.54, 1.807) is 11.3 Å². The molecule has 0 radical (unpaired) electrons. The van der Waals surface area contributed by atoms with Crippen LogP contribution in [-0.4, -0.2) is 71.6 Å². The quantitative estimate of drug-likeness (QED) is 0.0535. The van der Waals surface area contributed by atoms with Gasteiger partial charge in [0, 0.05) is 35.9 Å². The standard InChI is InChI=1S/C48H87N5O2S/c1-6-9-12-15-18-21-25-32-52(33-26-22-19-16-13-10-7-2)36-29-37-53(34-27-23-20-17-14-11-8-3)35-28-24-30-47(54)55-38-31-46-42(4)45(41-56-46)39-44-40-50-43(5)51-48(44)49/h40-41H,6-39H2,1-5H3,(H2,49,50,51). The Labute approximate surface area is 349 Å². The van der Waals surface area contributed by atoms with Crippen molar-refractivity contribution >= 4 is 23.1 Å². The minimum absolute atomic E-state index is 0.0611. The summed E-state index contributed by atoms with van der Waals surface area (Å²) in [6.45, 7) is 18.6. The van der Waals surface area contributed by atoms with Gasteiger partial charge in [-0.3, -0.25) is 4.79 Å². The summed E-state index contributed by atoms with van der Waals surface area (Å²) in [6.07, 6.45) is 35.9. The first-order valence-corrected chi connectivity index (χ1v) is 24.5. The van der Waals surface area contributed by atoms with E-state index in [9.17, 15) is 4.79 Å². The number of aromatic nitrogens is 2. The average molecular weight is 798 g/mol. The van der Waals surface area contributed by atoms with Gasteiger partial charge in [0.25, 0.3) is 0 Å². The molecular weight excluding hydrogens is 711 g/mol. The summed E-state index contributed by atoms with van der Waals surface area (Å²) < 4.78 is 5.72. The summed E-state index contributed by atoms with van der Waals surface area (Å²) in [4.78, 5) is 28.1. The second-order valence-corrected chi connectivity index (χ2v) is 17.6. The van der Waals surface area contributed by atoms with E-state index in [0.29, 0.717) is 24.7 Å². The number of esters is 1. The highest BCUT2D eigenvalue weighted by molar-refractivity contribution is 7.10. The van der Waals surface area contributed by atoms with Crippen LogP contribution in [0.15, 0.2) is 11.6 Å². The maximum Gasteiger partial charge on any atom is 0.305 e. The SMILES string of the molecule is CCCCCCCCCN(CCCCCCCCC)CCCN(CCCCCCCCC)CCCCC(=O)OCCc1scc(Cc2cnc(C)nc2N)c1C. The third-order valence-electron chi connectivity index (χ3n) is 11.5. The van der Waals surface area contributed by atoms with E-state index < -0.39 is 0 Å². The van der Waals surface area contributed by atoms with E-state index in [0.717, 1.165) is 37.8 Å². The Kier molecular flexibility index (Phi) is 30.3. The van der Waals surface area contributed by atoms with Crippen molar-refractivity contribution in [2.45, 2.75) is 208 Å². The lowest BCUT2D eigenvalue weighted by Gasteiger charge is -2.26. The van der Waals surface area contributed by atoms with Crippen molar-refractivity contribution in [3.8, 4) is 0 Å². The van der Waals surface area contributed by atoms with Crippen molar-refractivity contribution in [1.82, 2.24) is 19.8 Å². The molecule has 0 saturated heterocycles. The summed E-state index contributed by atoms with van der Waals surface area (Å²) in [5, 5.41) is 2.19. The van der Waals surface area contributed by atoms with E-state index in [4.69, 9.17) is 10.5 Å². The predicted molar refractivity (Wildman–Crippen MR) is 243 cm³/mol. The third-order valence-corrected chi connectivity index (χ3v) is 12.7. The van der Waals surface area contributed by atoms with Crippen molar-refractivity contribution in [1.29, 1.82) is 0 Å². The molecule has 0 amide bonds. The van der Waals surface area contributed by atoms with Gasteiger partial charge in [-0.05, 0) is 108 Å². The van der Waals surface area contributed by atoms with Gasteiger partial charge in [-0.15, -0.1) is 11.3 Å². The molecule has 7 nitrogen and oxygen atoms in total. The summed E-state index contributed by atoms with van der Waals surface area (Å²) in [5.41, 5.74) is 9.59. The van der Waals surface area contributed by atoms with Crippen LogP contribution in [0.3, 0.4) is 0 Å². The summed E-state index contributed by atoms with van der Waals surface area (Å²) >= 11 is 1.74. The minimum Gasteiger partial charge on any atom is -0.465 e. The molecule has 322 valence electrons. The molecule has 0 unspecified atom stereocenters. The summed E-state index contributed by atoms with van der Waals surface area (Å²) in [5.74, 6) is 1.18. The molecule has 0 saturated carbocycles. The van der Waals surface area contributed by atoms with E-state index in [-0.39, 0.29) is 5.97 Å². The van der Waals surface area contributed by atoms with Crippen LogP contribution in [0.1, 0.15) is 209 Å². The second-order valence-electron chi connectivity index (χ2n) is 16.6. The number of ether oxygens (including phenoxy) is 1. The van der Waals surface area contributed by atoms with Gasteiger partial charge in [0.15, 0.2) is 0 Å². The fourth-order valence-electron chi connectivity index (χ4n) is 7.77. The first kappa shape index (κ1) is 50.1. The van der Waals surface area contributed by atoms with Gasteiger partial charge in [0.05, 0.1) is 6.61 Å². The van der Waals surface area contributed by atoms with Crippen LogP contribution in [0.5, 0.6) is 0 Å². The topological polar surface area (TPSA) is 84.6 Å². The van der Waals surface area contributed by atoms with Gasteiger partial charge >= 0.3 is 5.97 Å². The van der Waals surface area contributed by atoms with E-state index in [1.165, 1.54) is 190 Å². The lowest BCUT2D eigenvalue weighted by Crippen LogP contribution is -2.32. The smallest absolute Gasteiger partial charge is 0.305 e. The van der Waals surface area contributed by atoms with Crippen LogP contribution in [0, 0.1) is 13.8 Å². The predicted octanol–water partition coefficient (Wildman–Crippen LogP) is 12.8. The van der Waals surface area contributed by atoms with Gasteiger partial charge in [-0.25, -0.2) is 9.97 Å². The van der Waals surface area contributed by atoms with Crippen LogP contribution in [0.4, 0.5) is 5.82 Å². The van der Waals surface area contributed by atoms with Crippen molar-refractivity contribution in [2.24, 2.45) is 0 Å². The summed E-state index contributed by atoms with van der Waals surface area (Å²) in [6, 6.07) is 0. The zero-order valence-corrected chi connectivity index (χ0v) is 38.1. The fraction of sp³-hybridized carbons (Fsp3) is 0.812. The number of rotatable bonds is 38. The number of aryl methyl sites for hydroxylation is 1. The zero-order chi connectivity index (χ0) is 40.5. The number of unbranched alkanes of at least 4 members (excludes halogenated alkanes) is 19. The Bertz CT molecular complexity index is 1220. The van der Waals surface area contributed by atoms with Gasteiger partial charge in [-0.1, -0.05) is 136 Å². The maximum atomic E-state index is 12.7. The van der Waals surface area contributed by atoms with Crippen LogP contribution >= 0.6 is 11.3 Å². The first-order chi connectivity index (χ1) is 27.4. The molecule has 0 spiro atoms. The highest BCUT2D eigenvalue weighted by Crippen LogP contribution is 2.26. The van der Waals surface area contributed by atoms with Crippen LogP contribution in [0.2, 0.25) is 0 Å². The van der Waals surface area contributed by atoms with Gasteiger partial charge in [0.1, 0.15) is 11.6 Å². The molecule has 2 heterocycles. The molecule has 2 aromatic rings. The molecule has 2 rings (SSSR count). The van der Waals surface area contributed by atoms with Crippen LogP contribution in [-0.2, 0) is 22.4 Å². The fourth-order valence-corrected chi connectivity index (χ4v) is 8.83. The number of carbonyl (C=O) groups is 1. The van der Waals surface area contributed by atoms with Crippen LogP contribution < -0.4 is 5.73 Å². The number of hydrogen-bond donors (Lipinski definition) is 1. The van der Waals surface area contributed by atoms with Crippen molar-refractivity contribution in [3.63, 3.8) is 0 Å². The number of hydrogen-bond acceptors (Lipinski definition) is 8. The molecular formula is C48H87N5O2S. The maximum absolute atomic E-state index is 12.7. The Hall–Kier alpha value is -2.03. The number of nitrogens with zero attached hydrogens (tertiary/aromatic N) is 4. The van der Waals surface area contributed by atoms with E-state index in [1.807, 2.05) is 13.1 Å². The number of thiophene rings is 1. The number of nitrogen functional groups attached to an aromatic ring is 1. The molecule has 0 aromatic carbocycles. The summed E-state index contributed by atoms with van der Waals surface area (Å²) in [7, 11) is 0. The van der Waals surface area contributed by atoms with E-state index >= 15 is 0 Å². The normalized spacial score (nSPS) is 11.7. The molecule has 0 fully saturated rings. The molecule has 56 heavy (non-hydrogen) atoms. The molecule has 0 aliphatic heterocycles. The number of anilines is 1. The Morgan fingerprint density at radius 1 is 0.625 bits per heavy atom.